The molecule has 1 rings (SSSR count). The Labute approximate surface area is 71.1 Å². The predicted octanol–water partition coefficient (Wildman–Crippen LogP) is 1.34. The molecule has 1 heterocycles. The van der Waals surface area contributed by atoms with Gasteiger partial charge in [0.05, 0.1) is 6.10 Å². The molecule has 0 unspecified atom stereocenters. The van der Waals surface area contributed by atoms with Gasteiger partial charge in [0.1, 0.15) is 7.85 Å². The van der Waals surface area contributed by atoms with Gasteiger partial charge in [-0.05, 0) is 12.3 Å². The highest BCUT2D eigenvalue weighted by atomic mass is 127. The Hall–Kier alpha value is 0.755. The van der Waals surface area contributed by atoms with Crippen molar-refractivity contribution in [3.05, 3.63) is 0 Å². The third kappa shape index (κ3) is 1.83. The minimum absolute atomic E-state index is 0.000217. The Bertz CT molecular complexity index is 99.1. The first kappa shape index (κ1) is 7.86. The van der Waals surface area contributed by atoms with Crippen LogP contribution in [0.3, 0.4) is 0 Å². The Morgan fingerprint density at radius 2 is 2.44 bits per heavy atom. The first-order valence-corrected chi connectivity index (χ1v) is 4.73. The molecule has 9 heavy (non-hydrogen) atoms. The van der Waals surface area contributed by atoms with E-state index in [1.807, 2.05) is 0 Å². The lowest BCUT2D eigenvalue weighted by atomic mass is 9.92. The highest BCUT2D eigenvalue weighted by molar-refractivity contribution is 14.1. The molecule has 0 spiro atoms. The molecule has 1 aliphatic heterocycles. The van der Waals surface area contributed by atoms with Crippen molar-refractivity contribution >= 4 is 30.4 Å². The van der Waals surface area contributed by atoms with Gasteiger partial charge in [0.15, 0.2) is 0 Å². The molecular formula is C6H10BIO. The summed E-state index contributed by atoms with van der Waals surface area (Å²) in [5.74, 6) is 0.650. The molecule has 3 heteroatoms. The van der Waals surface area contributed by atoms with Crippen molar-refractivity contribution in [2.75, 3.05) is 4.43 Å². The number of ether oxygens (including phenoxy) is 1. The summed E-state index contributed by atoms with van der Waals surface area (Å²) in [5, 5.41) is 0. The Morgan fingerprint density at radius 1 is 1.78 bits per heavy atom. The molecule has 1 nitrogen and oxygen atoms in total. The number of rotatable bonds is 1. The number of alkyl halides is 1. The topological polar surface area (TPSA) is 9.23 Å². The van der Waals surface area contributed by atoms with E-state index >= 15 is 0 Å². The average molecular weight is 236 g/mol. The largest absolute Gasteiger partial charge is 0.384 e. The van der Waals surface area contributed by atoms with Crippen LogP contribution in [0.5, 0.6) is 0 Å². The lowest BCUT2D eigenvalue weighted by Gasteiger charge is -2.09. The van der Waals surface area contributed by atoms with Crippen molar-refractivity contribution in [1.29, 1.82) is 0 Å². The fourth-order valence-corrected chi connectivity index (χ4v) is 2.20. The average Bonchev–Trinajstić information content (AvgIpc) is 2.10. The minimum Gasteiger partial charge on any atom is -0.384 e. The normalized spacial score (nSPS) is 43.6. The predicted molar refractivity (Wildman–Crippen MR) is 47.1 cm³/mol. The summed E-state index contributed by atoms with van der Waals surface area (Å²) in [7, 11) is 5.57. The van der Waals surface area contributed by atoms with Gasteiger partial charge in [-0.2, -0.15) is 0 Å². The van der Waals surface area contributed by atoms with Gasteiger partial charge in [-0.1, -0.05) is 29.5 Å². The molecule has 0 saturated carbocycles. The highest BCUT2D eigenvalue weighted by Crippen LogP contribution is 2.25. The molecule has 3 atom stereocenters. The molecule has 0 N–H and O–H groups in total. The zero-order chi connectivity index (χ0) is 6.85. The van der Waals surface area contributed by atoms with Gasteiger partial charge in [0, 0.05) is 10.4 Å². The van der Waals surface area contributed by atoms with E-state index in [-0.39, 0.29) is 6.00 Å². The number of halogens is 1. The fourth-order valence-electron chi connectivity index (χ4n) is 1.12. The molecule has 0 aromatic heterocycles. The molecule has 0 aromatic carbocycles. The van der Waals surface area contributed by atoms with Crippen LogP contribution in [0.4, 0.5) is 0 Å². The van der Waals surface area contributed by atoms with Gasteiger partial charge in [-0.25, -0.2) is 0 Å². The lowest BCUT2D eigenvalue weighted by Crippen LogP contribution is -2.15. The molecule has 1 aliphatic rings. The SMILES string of the molecule is [B][C@H]1C[C@H](C)[C@@H](CI)O1. The molecule has 2 radical (unpaired) electrons. The zero-order valence-electron chi connectivity index (χ0n) is 5.51. The monoisotopic (exact) mass is 236 g/mol. The van der Waals surface area contributed by atoms with Crippen molar-refractivity contribution < 1.29 is 4.74 Å². The molecule has 0 aliphatic carbocycles. The van der Waals surface area contributed by atoms with Crippen LogP contribution < -0.4 is 0 Å². The van der Waals surface area contributed by atoms with Crippen molar-refractivity contribution in [3.8, 4) is 0 Å². The minimum atomic E-state index is -0.000217. The van der Waals surface area contributed by atoms with Gasteiger partial charge in [-0.15, -0.1) is 0 Å². The molecule has 50 valence electrons. The van der Waals surface area contributed by atoms with E-state index in [0.717, 1.165) is 10.8 Å². The quantitative estimate of drug-likeness (QED) is 0.379. The van der Waals surface area contributed by atoms with Gasteiger partial charge in [0.25, 0.3) is 0 Å². The van der Waals surface area contributed by atoms with Crippen LogP contribution in [-0.4, -0.2) is 24.4 Å². The van der Waals surface area contributed by atoms with Crippen molar-refractivity contribution in [2.45, 2.75) is 25.5 Å². The second kappa shape index (κ2) is 3.24. The second-order valence-corrected chi connectivity index (χ2v) is 3.46. The van der Waals surface area contributed by atoms with Crippen LogP contribution in [0.15, 0.2) is 0 Å². The van der Waals surface area contributed by atoms with Gasteiger partial charge in [-0.3, -0.25) is 0 Å². The molecule has 0 aromatic rings. The summed E-state index contributed by atoms with van der Waals surface area (Å²) >= 11 is 2.33. The summed E-state index contributed by atoms with van der Waals surface area (Å²) in [6, 6.07) is -0.000217. The smallest absolute Gasteiger partial charge is 0.109 e. The first-order valence-electron chi connectivity index (χ1n) is 3.21. The maximum absolute atomic E-state index is 5.57. The first-order chi connectivity index (χ1) is 4.24. The Morgan fingerprint density at radius 3 is 2.67 bits per heavy atom. The molecular weight excluding hydrogens is 226 g/mol. The van der Waals surface area contributed by atoms with E-state index < -0.39 is 0 Å². The summed E-state index contributed by atoms with van der Waals surface area (Å²) in [6.45, 7) is 2.19. The van der Waals surface area contributed by atoms with E-state index in [1.165, 1.54) is 0 Å². The van der Waals surface area contributed by atoms with Gasteiger partial charge in [0.2, 0.25) is 0 Å². The van der Waals surface area contributed by atoms with E-state index in [2.05, 4.69) is 29.5 Å². The van der Waals surface area contributed by atoms with Crippen LogP contribution in [0.1, 0.15) is 13.3 Å². The van der Waals surface area contributed by atoms with Crippen LogP contribution >= 0.6 is 22.6 Å². The summed E-state index contributed by atoms with van der Waals surface area (Å²) < 4.78 is 6.46. The third-order valence-corrected chi connectivity index (χ3v) is 2.61. The van der Waals surface area contributed by atoms with Crippen LogP contribution in [0, 0.1) is 5.92 Å². The molecule has 0 bridgehead atoms. The van der Waals surface area contributed by atoms with Gasteiger partial charge < -0.3 is 4.74 Å². The van der Waals surface area contributed by atoms with E-state index in [4.69, 9.17) is 12.6 Å². The zero-order valence-corrected chi connectivity index (χ0v) is 7.67. The van der Waals surface area contributed by atoms with Crippen LogP contribution in [-0.2, 0) is 4.74 Å². The maximum Gasteiger partial charge on any atom is 0.109 e. The number of hydrogen-bond donors (Lipinski definition) is 0. The maximum atomic E-state index is 5.57. The van der Waals surface area contributed by atoms with E-state index in [9.17, 15) is 0 Å². The van der Waals surface area contributed by atoms with Crippen molar-refractivity contribution in [1.82, 2.24) is 0 Å². The summed E-state index contributed by atoms with van der Waals surface area (Å²) in [4.78, 5) is 0. The highest BCUT2D eigenvalue weighted by Gasteiger charge is 2.27. The van der Waals surface area contributed by atoms with Crippen LogP contribution in [0.2, 0.25) is 0 Å². The van der Waals surface area contributed by atoms with E-state index in [0.29, 0.717) is 12.0 Å². The summed E-state index contributed by atoms with van der Waals surface area (Å²) in [6.07, 6.45) is 1.42. The molecule has 0 amide bonds. The van der Waals surface area contributed by atoms with Crippen molar-refractivity contribution in [2.24, 2.45) is 5.92 Å². The second-order valence-electron chi connectivity index (χ2n) is 2.58. The Kier molecular flexibility index (Phi) is 2.83. The fraction of sp³-hybridized carbons (Fsp3) is 1.00. The molecule has 1 fully saturated rings. The van der Waals surface area contributed by atoms with Gasteiger partial charge >= 0.3 is 0 Å². The standard InChI is InChI=1S/C6H10BIO/c1-4-2-6(7)9-5(4)3-8/h4-6H,2-3H2,1H3/t4-,5+,6+/m0/s1. The van der Waals surface area contributed by atoms with Crippen molar-refractivity contribution in [3.63, 3.8) is 0 Å². The van der Waals surface area contributed by atoms with Crippen LogP contribution in [0.25, 0.3) is 0 Å². The number of hydrogen-bond acceptors (Lipinski definition) is 1. The third-order valence-electron chi connectivity index (χ3n) is 1.74. The van der Waals surface area contributed by atoms with E-state index in [1.54, 1.807) is 0 Å². The Balaban J connectivity index is 2.38. The molecule has 1 saturated heterocycles. The lowest BCUT2D eigenvalue weighted by molar-refractivity contribution is 0.0937. The summed E-state index contributed by atoms with van der Waals surface area (Å²) in [5.41, 5.74) is 0.